The first-order valence-corrected chi connectivity index (χ1v) is 12.0. The molecule has 0 heterocycles. The lowest BCUT2D eigenvalue weighted by Crippen LogP contribution is -2.44. The summed E-state index contributed by atoms with van der Waals surface area (Å²) in [7, 11) is 1.62. The summed E-state index contributed by atoms with van der Waals surface area (Å²) in [5, 5.41) is 3.01. The monoisotopic (exact) mass is 474 g/mol. The van der Waals surface area contributed by atoms with Crippen molar-refractivity contribution in [1.82, 2.24) is 10.2 Å². The minimum Gasteiger partial charge on any atom is -0.497 e. The maximum absolute atomic E-state index is 13.7. The molecule has 1 N–H and O–H groups in total. The van der Waals surface area contributed by atoms with Gasteiger partial charge in [0.05, 0.1) is 13.5 Å². The summed E-state index contributed by atoms with van der Waals surface area (Å²) < 4.78 is 10.7. The second-order valence-electron chi connectivity index (χ2n) is 8.19. The highest BCUT2D eigenvalue weighted by atomic mass is 16.5. The van der Waals surface area contributed by atoms with Crippen LogP contribution in [0.3, 0.4) is 0 Å². The van der Waals surface area contributed by atoms with Gasteiger partial charge in [-0.25, -0.2) is 0 Å². The minimum absolute atomic E-state index is 0.120. The van der Waals surface area contributed by atoms with Crippen molar-refractivity contribution in [2.24, 2.45) is 0 Å². The molecule has 184 valence electrons. The Balaban J connectivity index is 1.90. The molecule has 0 aliphatic rings. The fourth-order valence-electron chi connectivity index (χ4n) is 3.86. The van der Waals surface area contributed by atoms with Gasteiger partial charge >= 0.3 is 0 Å². The van der Waals surface area contributed by atoms with E-state index >= 15 is 0 Å². The number of ether oxygens (including phenoxy) is 2. The normalized spacial score (nSPS) is 11.5. The van der Waals surface area contributed by atoms with Crippen LogP contribution >= 0.6 is 0 Å². The first-order chi connectivity index (χ1) is 17.1. The van der Waals surface area contributed by atoms with Crippen LogP contribution in [0.2, 0.25) is 0 Å². The molecule has 2 amide bonds. The van der Waals surface area contributed by atoms with Gasteiger partial charge in [0.25, 0.3) is 0 Å². The van der Waals surface area contributed by atoms with Crippen LogP contribution in [0.5, 0.6) is 5.75 Å². The topological polar surface area (TPSA) is 67.9 Å². The van der Waals surface area contributed by atoms with Crippen molar-refractivity contribution < 1.29 is 19.1 Å². The van der Waals surface area contributed by atoms with Gasteiger partial charge in [-0.05, 0) is 42.2 Å². The van der Waals surface area contributed by atoms with Crippen molar-refractivity contribution in [2.45, 2.75) is 32.4 Å². The Hall–Kier alpha value is -3.64. The van der Waals surface area contributed by atoms with Crippen LogP contribution in [-0.4, -0.2) is 43.6 Å². The molecule has 0 aliphatic heterocycles. The minimum atomic E-state index is -0.762. The summed E-state index contributed by atoms with van der Waals surface area (Å²) in [5.74, 6) is 0.413. The van der Waals surface area contributed by atoms with Gasteiger partial charge in [0, 0.05) is 26.3 Å². The average molecular weight is 475 g/mol. The molecule has 6 heteroatoms. The lowest BCUT2D eigenvalue weighted by Gasteiger charge is -2.32. The molecule has 0 aliphatic carbocycles. The quantitative estimate of drug-likeness (QED) is 0.369. The first-order valence-electron chi connectivity index (χ1n) is 12.0. The molecule has 0 saturated carbocycles. The number of carbonyl (C=O) groups excluding carboxylic acids is 2. The lowest BCUT2D eigenvalue weighted by atomic mass is 10.0. The molecule has 0 saturated heterocycles. The fraction of sp³-hybridized carbons (Fsp3) is 0.310. The molecule has 3 aromatic carbocycles. The molecule has 0 aromatic heterocycles. The first kappa shape index (κ1) is 26.0. The highest BCUT2D eigenvalue weighted by molar-refractivity contribution is 5.89. The summed E-state index contributed by atoms with van der Waals surface area (Å²) in [6, 6.07) is 25.9. The van der Waals surface area contributed by atoms with E-state index in [1.165, 1.54) is 0 Å². The van der Waals surface area contributed by atoms with Crippen molar-refractivity contribution in [2.75, 3.05) is 26.9 Å². The highest BCUT2D eigenvalue weighted by Gasteiger charge is 2.31. The van der Waals surface area contributed by atoms with Crippen molar-refractivity contribution in [3.05, 3.63) is 102 Å². The maximum Gasteiger partial charge on any atom is 0.247 e. The van der Waals surface area contributed by atoms with E-state index in [2.05, 4.69) is 5.32 Å². The molecule has 0 fully saturated rings. The Morgan fingerprint density at radius 3 is 2.17 bits per heavy atom. The van der Waals surface area contributed by atoms with Crippen LogP contribution in [0.25, 0.3) is 0 Å². The molecule has 1 atom stereocenters. The third-order valence-electron chi connectivity index (χ3n) is 5.67. The molecular weight excluding hydrogens is 440 g/mol. The van der Waals surface area contributed by atoms with Gasteiger partial charge in [-0.2, -0.15) is 0 Å². The zero-order valence-corrected chi connectivity index (χ0v) is 20.5. The third kappa shape index (κ3) is 7.97. The number of hydrogen-bond acceptors (Lipinski definition) is 4. The Bertz CT molecular complexity index is 1040. The molecule has 0 radical (unpaired) electrons. The summed E-state index contributed by atoms with van der Waals surface area (Å²) in [5.41, 5.74) is 2.59. The van der Waals surface area contributed by atoms with Crippen molar-refractivity contribution >= 4 is 11.8 Å². The van der Waals surface area contributed by atoms with Gasteiger partial charge < -0.3 is 19.7 Å². The summed E-state index contributed by atoms with van der Waals surface area (Å²) in [6.07, 6.45) is 0.912. The van der Waals surface area contributed by atoms with Crippen LogP contribution in [0.15, 0.2) is 84.9 Å². The number of methoxy groups -OCH3 is 1. The summed E-state index contributed by atoms with van der Waals surface area (Å²) in [4.78, 5) is 28.8. The fourth-order valence-corrected chi connectivity index (χ4v) is 3.86. The zero-order valence-electron chi connectivity index (χ0n) is 20.5. The number of nitrogens with zero attached hydrogens (tertiary/aromatic N) is 1. The van der Waals surface area contributed by atoms with Crippen LogP contribution in [0.4, 0.5) is 0 Å². The predicted octanol–water partition coefficient (Wildman–Crippen LogP) is 4.55. The van der Waals surface area contributed by atoms with Gasteiger partial charge in [-0.1, -0.05) is 72.8 Å². The van der Waals surface area contributed by atoms with Gasteiger partial charge in [0.1, 0.15) is 11.8 Å². The number of carbonyl (C=O) groups is 2. The molecule has 0 unspecified atom stereocenters. The molecule has 3 aromatic rings. The maximum atomic E-state index is 13.7. The number of rotatable bonds is 13. The van der Waals surface area contributed by atoms with Gasteiger partial charge in [0.2, 0.25) is 11.8 Å². The predicted molar refractivity (Wildman–Crippen MR) is 137 cm³/mol. The molecule has 0 spiro atoms. The molecule has 3 rings (SSSR count). The van der Waals surface area contributed by atoms with E-state index in [9.17, 15) is 9.59 Å². The number of amides is 2. The van der Waals surface area contributed by atoms with Gasteiger partial charge in [0.15, 0.2) is 0 Å². The Morgan fingerprint density at radius 1 is 0.886 bits per heavy atom. The van der Waals surface area contributed by atoms with Gasteiger partial charge in [-0.15, -0.1) is 0 Å². The van der Waals surface area contributed by atoms with Crippen molar-refractivity contribution in [3.63, 3.8) is 0 Å². The van der Waals surface area contributed by atoms with E-state index in [0.717, 1.165) is 22.4 Å². The second-order valence-corrected chi connectivity index (χ2v) is 8.19. The second kappa shape index (κ2) is 13.9. The average Bonchev–Trinajstić information content (AvgIpc) is 2.90. The van der Waals surface area contributed by atoms with E-state index < -0.39 is 6.04 Å². The number of benzene rings is 3. The number of hydrogen-bond donors (Lipinski definition) is 1. The van der Waals surface area contributed by atoms with Gasteiger partial charge in [-0.3, -0.25) is 9.59 Å². The van der Waals surface area contributed by atoms with Crippen molar-refractivity contribution in [3.8, 4) is 5.75 Å². The highest BCUT2D eigenvalue weighted by Crippen LogP contribution is 2.25. The largest absolute Gasteiger partial charge is 0.497 e. The lowest BCUT2D eigenvalue weighted by molar-refractivity contribution is -0.141. The molecule has 0 bridgehead atoms. The third-order valence-corrected chi connectivity index (χ3v) is 5.67. The molecular formula is C29H34N2O4. The van der Waals surface area contributed by atoms with E-state index in [1.54, 1.807) is 12.0 Å². The Morgan fingerprint density at radius 2 is 1.54 bits per heavy atom. The molecule has 6 nitrogen and oxygen atoms in total. The van der Waals surface area contributed by atoms with Crippen LogP contribution in [0, 0.1) is 0 Å². The van der Waals surface area contributed by atoms with Crippen LogP contribution < -0.4 is 10.1 Å². The van der Waals surface area contributed by atoms with Crippen LogP contribution in [-0.2, 0) is 27.3 Å². The Kier molecular flexibility index (Phi) is 10.3. The standard InChI is InChI=1S/C29H34N2O4/c1-3-35-20-10-19-30-29(33)28(25-13-8-5-9-14-25)31(22-24-15-17-26(34-2)18-16-24)27(32)21-23-11-6-4-7-12-23/h4-9,11-18,28H,3,10,19-22H2,1-2H3,(H,30,33)/t28-/m0/s1. The van der Waals surface area contributed by atoms with Crippen molar-refractivity contribution in [1.29, 1.82) is 0 Å². The smallest absolute Gasteiger partial charge is 0.247 e. The van der Waals surface area contributed by atoms with Crippen LogP contribution in [0.1, 0.15) is 36.1 Å². The zero-order chi connectivity index (χ0) is 24.9. The van der Waals surface area contributed by atoms with E-state index in [-0.39, 0.29) is 18.2 Å². The van der Waals surface area contributed by atoms with E-state index in [0.29, 0.717) is 32.7 Å². The number of nitrogens with one attached hydrogen (secondary N) is 1. The summed E-state index contributed by atoms with van der Waals surface area (Å²) >= 11 is 0. The van der Waals surface area contributed by atoms with E-state index in [4.69, 9.17) is 9.47 Å². The van der Waals surface area contributed by atoms with E-state index in [1.807, 2.05) is 91.9 Å². The Labute approximate surface area is 207 Å². The SMILES string of the molecule is CCOCCCNC(=O)[C@H](c1ccccc1)N(Cc1ccc(OC)cc1)C(=O)Cc1ccccc1. The summed E-state index contributed by atoms with van der Waals surface area (Å²) in [6.45, 7) is 3.94. The molecule has 35 heavy (non-hydrogen) atoms.